The molecular formula is C11H14F2N2O2. The molecule has 2 rings (SSSR count). The molecule has 0 spiro atoms. The number of halogens is 2. The summed E-state index contributed by atoms with van der Waals surface area (Å²) in [5, 5.41) is 9.00. The van der Waals surface area contributed by atoms with Gasteiger partial charge in [0.25, 0.3) is 0 Å². The van der Waals surface area contributed by atoms with Crippen LogP contribution in [0.3, 0.4) is 0 Å². The van der Waals surface area contributed by atoms with Crippen LogP contribution < -0.4 is 10.6 Å². The van der Waals surface area contributed by atoms with Crippen LogP contribution in [0, 0.1) is 11.6 Å². The molecule has 1 heterocycles. The third kappa shape index (κ3) is 2.32. The van der Waals surface area contributed by atoms with Gasteiger partial charge in [-0.2, -0.15) is 0 Å². The Hall–Kier alpha value is -1.40. The zero-order chi connectivity index (χ0) is 12.4. The van der Waals surface area contributed by atoms with E-state index in [2.05, 4.69) is 0 Å². The Balaban J connectivity index is 2.30. The number of nitrogen functional groups attached to an aromatic ring is 1. The molecule has 1 unspecified atom stereocenters. The van der Waals surface area contributed by atoms with Crippen LogP contribution in [0.5, 0.6) is 0 Å². The number of aliphatic hydroxyl groups excluding tert-OH is 1. The van der Waals surface area contributed by atoms with Gasteiger partial charge in [-0.3, -0.25) is 0 Å². The number of nitrogens with zero attached hydrogens (tertiary/aromatic N) is 1. The zero-order valence-electron chi connectivity index (χ0n) is 9.20. The standard InChI is InChI=1S/C11H14F2N2O2/c12-8-1-2-9(14)11(10(8)13)15-3-4-17-7(5-15)6-16/h1-2,7,16H,3-6,14H2. The second-order valence-corrected chi connectivity index (χ2v) is 3.92. The Bertz CT molecular complexity index is 415. The van der Waals surface area contributed by atoms with E-state index in [0.717, 1.165) is 6.07 Å². The molecule has 0 aromatic heterocycles. The smallest absolute Gasteiger partial charge is 0.184 e. The van der Waals surface area contributed by atoms with Gasteiger partial charge >= 0.3 is 0 Å². The zero-order valence-corrected chi connectivity index (χ0v) is 9.20. The van der Waals surface area contributed by atoms with E-state index in [1.807, 2.05) is 0 Å². The largest absolute Gasteiger partial charge is 0.397 e. The fourth-order valence-electron chi connectivity index (χ4n) is 1.91. The average molecular weight is 244 g/mol. The normalized spacial score (nSPS) is 20.6. The molecule has 94 valence electrons. The van der Waals surface area contributed by atoms with Crippen molar-refractivity contribution in [3.63, 3.8) is 0 Å². The van der Waals surface area contributed by atoms with Gasteiger partial charge in [0.2, 0.25) is 0 Å². The molecule has 1 saturated heterocycles. The van der Waals surface area contributed by atoms with Crippen LogP contribution in [0.2, 0.25) is 0 Å². The van der Waals surface area contributed by atoms with Crippen molar-refractivity contribution in [2.45, 2.75) is 6.10 Å². The first kappa shape index (κ1) is 12.1. The number of anilines is 2. The number of hydrogen-bond donors (Lipinski definition) is 2. The van der Waals surface area contributed by atoms with Gasteiger partial charge in [0, 0.05) is 13.1 Å². The maximum absolute atomic E-state index is 13.7. The molecule has 6 heteroatoms. The molecule has 0 saturated carbocycles. The first-order chi connectivity index (χ1) is 8.13. The first-order valence-corrected chi connectivity index (χ1v) is 5.34. The minimum Gasteiger partial charge on any atom is -0.397 e. The molecular weight excluding hydrogens is 230 g/mol. The average Bonchev–Trinajstić information content (AvgIpc) is 2.35. The Kier molecular flexibility index (Phi) is 3.44. The molecule has 4 nitrogen and oxygen atoms in total. The molecule has 0 bridgehead atoms. The van der Waals surface area contributed by atoms with Crippen LogP contribution in [0.15, 0.2) is 12.1 Å². The lowest BCUT2D eigenvalue weighted by Gasteiger charge is -2.34. The summed E-state index contributed by atoms with van der Waals surface area (Å²) in [4.78, 5) is 1.60. The van der Waals surface area contributed by atoms with Crippen molar-refractivity contribution >= 4 is 11.4 Å². The highest BCUT2D eigenvalue weighted by molar-refractivity contribution is 5.68. The highest BCUT2D eigenvalue weighted by atomic mass is 19.2. The van der Waals surface area contributed by atoms with E-state index in [1.165, 1.54) is 6.07 Å². The molecule has 1 fully saturated rings. The molecule has 1 atom stereocenters. The Morgan fingerprint density at radius 3 is 2.94 bits per heavy atom. The van der Waals surface area contributed by atoms with Gasteiger partial charge in [0.1, 0.15) is 0 Å². The molecule has 1 aromatic carbocycles. The SMILES string of the molecule is Nc1ccc(F)c(F)c1N1CCOC(CO)C1. The fraction of sp³-hybridized carbons (Fsp3) is 0.455. The van der Waals surface area contributed by atoms with Gasteiger partial charge in [-0.1, -0.05) is 0 Å². The number of rotatable bonds is 2. The summed E-state index contributed by atoms with van der Waals surface area (Å²) in [6.45, 7) is 0.899. The van der Waals surface area contributed by atoms with Gasteiger partial charge in [-0.15, -0.1) is 0 Å². The second kappa shape index (κ2) is 4.85. The summed E-state index contributed by atoms with van der Waals surface area (Å²) in [5.74, 6) is -1.88. The maximum atomic E-state index is 13.7. The monoisotopic (exact) mass is 244 g/mol. The lowest BCUT2D eigenvalue weighted by molar-refractivity contribution is 0.00342. The summed E-state index contributed by atoms with van der Waals surface area (Å²) in [5.41, 5.74) is 5.89. The van der Waals surface area contributed by atoms with Crippen LogP contribution in [-0.4, -0.2) is 37.5 Å². The van der Waals surface area contributed by atoms with Crippen LogP contribution in [0.25, 0.3) is 0 Å². The topological polar surface area (TPSA) is 58.7 Å². The van der Waals surface area contributed by atoms with Crippen LogP contribution >= 0.6 is 0 Å². The predicted molar refractivity (Wildman–Crippen MR) is 59.8 cm³/mol. The van der Waals surface area contributed by atoms with Crippen LogP contribution in [-0.2, 0) is 4.74 Å². The van der Waals surface area contributed by atoms with E-state index < -0.39 is 17.7 Å². The van der Waals surface area contributed by atoms with E-state index in [1.54, 1.807) is 4.90 Å². The summed E-state index contributed by atoms with van der Waals surface area (Å²) in [6.07, 6.45) is -0.397. The molecule has 3 N–H and O–H groups in total. The van der Waals surface area contributed by atoms with Crippen LogP contribution in [0.4, 0.5) is 20.2 Å². The van der Waals surface area contributed by atoms with Crippen molar-refractivity contribution in [1.82, 2.24) is 0 Å². The van der Waals surface area contributed by atoms with E-state index >= 15 is 0 Å². The number of hydrogen-bond acceptors (Lipinski definition) is 4. The van der Waals surface area contributed by atoms with Gasteiger partial charge in [-0.25, -0.2) is 8.78 Å². The van der Waals surface area contributed by atoms with Crippen molar-refractivity contribution in [1.29, 1.82) is 0 Å². The lowest BCUT2D eigenvalue weighted by atomic mass is 10.2. The molecule has 0 aliphatic carbocycles. The summed E-state index contributed by atoms with van der Waals surface area (Å²) < 4.78 is 32.1. The van der Waals surface area contributed by atoms with Crippen molar-refractivity contribution in [3.05, 3.63) is 23.8 Å². The fourth-order valence-corrected chi connectivity index (χ4v) is 1.91. The number of nitrogens with two attached hydrogens (primary N) is 1. The third-order valence-electron chi connectivity index (χ3n) is 2.76. The van der Waals surface area contributed by atoms with Crippen molar-refractivity contribution < 1.29 is 18.6 Å². The Labute approximate surface area is 97.6 Å². The van der Waals surface area contributed by atoms with E-state index in [-0.39, 0.29) is 18.0 Å². The number of ether oxygens (including phenoxy) is 1. The Morgan fingerprint density at radius 1 is 1.47 bits per heavy atom. The molecule has 1 aromatic rings. The minimum atomic E-state index is -0.955. The van der Waals surface area contributed by atoms with Crippen LogP contribution in [0.1, 0.15) is 0 Å². The Morgan fingerprint density at radius 2 is 2.24 bits per heavy atom. The highest BCUT2D eigenvalue weighted by Gasteiger charge is 2.25. The first-order valence-electron chi connectivity index (χ1n) is 5.34. The number of aliphatic hydroxyl groups is 1. The molecule has 1 aliphatic rings. The predicted octanol–water partition coefficient (Wildman–Crippen LogP) is 0.744. The number of morpholine rings is 1. The van der Waals surface area contributed by atoms with Gasteiger partial charge in [0.05, 0.1) is 30.7 Å². The molecule has 17 heavy (non-hydrogen) atoms. The highest BCUT2D eigenvalue weighted by Crippen LogP contribution is 2.29. The second-order valence-electron chi connectivity index (χ2n) is 3.92. The van der Waals surface area contributed by atoms with Gasteiger partial charge in [0.15, 0.2) is 11.6 Å². The summed E-state index contributed by atoms with van der Waals surface area (Å²) >= 11 is 0. The maximum Gasteiger partial charge on any atom is 0.184 e. The van der Waals surface area contributed by atoms with Crippen molar-refractivity contribution in [2.24, 2.45) is 0 Å². The minimum absolute atomic E-state index is 0.0479. The van der Waals surface area contributed by atoms with Gasteiger partial charge in [-0.05, 0) is 12.1 Å². The molecule has 1 aliphatic heterocycles. The lowest BCUT2D eigenvalue weighted by Crippen LogP contribution is -2.44. The van der Waals surface area contributed by atoms with E-state index in [0.29, 0.717) is 19.7 Å². The molecule has 0 radical (unpaired) electrons. The van der Waals surface area contributed by atoms with Crippen molar-refractivity contribution in [3.8, 4) is 0 Å². The van der Waals surface area contributed by atoms with E-state index in [4.69, 9.17) is 15.6 Å². The molecule has 0 amide bonds. The van der Waals surface area contributed by atoms with Crippen molar-refractivity contribution in [2.75, 3.05) is 36.9 Å². The van der Waals surface area contributed by atoms with Gasteiger partial charge < -0.3 is 20.5 Å². The quantitative estimate of drug-likeness (QED) is 0.753. The van der Waals surface area contributed by atoms with E-state index in [9.17, 15) is 8.78 Å². The summed E-state index contributed by atoms with van der Waals surface area (Å²) in [6, 6.07) is 2.33. The number of benzene rings is 1. The summed E-state index contributed by atoms with van der Waals surface area (Å²) in [7, 11) is 0. The third-order valence-corrected chi connectivity index (χ3v) is 2.76.